The van der Waals surface area contributed by atoms with Crippen molar-refractivity contribution in [2.75, 3.05) is 6.54 Å². The second-order valence-electron chi connectivity index (χ2n) is 4.22. The summed E-state index contributed by atoms with van der Waals surface area (Å²) in [7, 11) is 0. The second kappa shape index (κ2) is 5.24. The molecule has 1 aromatic heterocycles. The van der Waals surface area contributed by atoms with Gasteiger partial charge in [-0.25, -0.2) is 0 Å². The lowest BCUT2D eigenvalue weighted by Crippen LogP contribution is -2.32. The van der Waals surface area contributed by atoms with Crippen LogP contribution in [0.5, 0.6) is 0 Å². The minimum Gasteiger partial charge on any atom is -0.352 e. The number of aromatic amines is 1. The van der Waals surface area contributed by atoms with Gasteiger partial charge in [0.15, 0.2) is 0 Å². The summed E-state index contributed by atoms with van der Waals surface area (Å²) in [6.07, 6.45) is -4.63. The van der Waals surface area contributed by atoms with Crippen molar-refractivity contribution in [3.8, 4) is 0 Å². The van der Waals surface area contributed by atoms with E-state index in [1.54, 1.807) is 4.98 Å². The van der Waals surface area contributed by atoms with E-state index in [1.165, 1.54) is 0 Å². The normalized spacial score (nSPS) is 11.7. The molecule has 0 fully saturated rings. The molecular weight excluding hydrogens is 249 g/mol. The zero-order valence-corrected chi connectivity index (χ0v) is 9.89. The molecule has 0 aromatic carbocycles. The lowest BCUT2D eigenvalue weighted by molar-refractivity contribution is -0.141. The molecule has 0 unspecified atom stereocenters. The van der Waals surface area contributed by atoms with E-state index in [9.17, 15) is 22.8 Å². The van der Waals surface area contributed by atoms with Crippen molar-refractivity contribution in [1.29, 1.82) is 0 Å². The number of carbonyl (C=O) groups excluding carboxylic acids is 1. The van der Waals surface area contributed by atoms with Crippen LogP contribution in [0.1, 0.15) is 29.9 Å². The fourth-order valence-corrected chi connectivity index (χ4v) is 1.21. The van der Waals surface area contributed by atoms with E-state index in [-0.39, 0.29) is 11.5 Å². The Morgan fingerprint density at radius 3 is 2.44 bits per heavy atom. The number of alkyl halides is 3. The van der Waals surface area contributed by atoms with Crippen LogP contribution in [0, 0.1) is 5.92 Å². The lowest BCUT2D eigenvalue weighted by atomic mass is 10.2. The zero-order chi connectivity index (χ0) is 13.9. The van der Waals surface area contributed by atoms with Crippen LogP contribution >= 0.6 is 0 Å². The van der Waals surface area contributed by atoms with Crippen molar-refractivity contribution in [1.82, 2.24) is 10.3 Å². The van der Waals surface area contributed by atoms with E-state index in [1.807, 2.05) is 13.8 Å². The summed E-state index contributed by atoms with van der Waals surface area (Å²) in [6, 6.07) is 1.54. The molecule has 1 rings (SSSR count). The summed E-state index contributed by atoms with van der Waals surface area (Å²) in [5.41, 5.74) is -2.55. The third-order valence-corrected chi connectivity index (χ3v) is 2.13. The Labute approximate surface area is 101 Å². The van der Waals surface area contributed by atoms with Gasteiger partial charge in [0.05, 0.1) is 0 Å². The molecule has 0 radical (unpaired) electrons. The van der Waals surface area contributed by atoms with Crippen LogP contribution in [0.15, 0.2) is 16.9 Å². The molecule has 1 amide bonds. The van der Waals surface area contributed by atoms with Gasteiger partial charge in [0.1, 0.15) is 11.3 Å². The first-order valence-corrected chi connectivity index (χ1v) is 5.30. The molecule has 18 heavy (non-hydrogen) atoms. The molecule has 2 N–H and O–H groups in total. The van der Waals surface area contributed by atoms with Crippen molar-refractivity contribution < 1.29 is 18.0 Å². The molecule has 0 aliphatic rings. The van der Waals surface area contributed by atoms with Crippen LogP contribution in [0.3, 0.4) is 0 Å². The van der Waals surface area contributed by atoms with Gasteiger partial charge in [-0.3, -0.25) is 9.59 Å². The predicted molar refractivity (Wildman–Crippen MR) is 59.2 cm³/mol. The lowest BCUT2D eigenvalue weighted by Gasteiger charge is -2.09. The highest BCUT2D eigenvalue weighted by Gasteiger charge is 2.32. The van der Waals surface area contributed by atoms with Gasteiger partial charge in [0.25, 0.3) is 11.5 Å². The van der Waals surface area contributed by atoms with Crippen LogP contribution in [-0.4, -0.2) is 17.4 Å². The van der Waals surface area contributed by atoms with Gasteiger partial charge in [-0.05, 0) is 18.1 Å². The molecule has 1 aromatic rings. The first-order chi connectivity index (χ1) is 8.21. The highest BCUT2D eigenvalue weighted by Crippen LogP contribution is 2.26. The van der Waals surface area contributed by atoms with Gasteiger partial charge in [0, 0.05) is 6.54 Å². The Bertz CT molecular complexity index is 492. The van der Waals surface area contributed by atoms with Gasteiger partial charge in [-0.2, -0.15) is 13.2 Å². The number of H-pyrrole nitrogens is 1. The SMILES string of the molecule is CC(C)CNC(=O)c1ccc(C(F)(F)F)[nH]c1=O. The molecule has 0 aliphatic carbocycles. The smallest absolute Gasteiger partial charge is 0.352 e. The number of nitrogens with one attached hydrogen (secondary N) is 2. The molecule has 1 heterocycles. The van der Waals surface area contributed by atoms with Crippen LogP contribution in [0.25, 0.3) is 0 Å². The Kier molecular flexibility index (Phi) is 4.15. The van der Waals surface area contributed by atoms with E-state index in [2.05, 4.69) is 5.32 Å². The van der Waals surface area contributed by atoms with E-state index < -0.39 is 23.3 Å². The van der Waals surface area contributed by atoms with E-state index >= 15 is 0 Å². The number of carbonyl (C=O) groups is 1. The minimum absolute atomic E-state index is 0.183. The summed E-state index contributed by atoms with van der Waals surface area (Å²) in [6.45, 7) is 4.06. The third kappa shape index (κ3) is 3.61. The fourth-order valence-electron chi connectivity index (χ4n) is 1.21. The standard InChI is InChI=1S/C11H13F3N2O2/c1-6(2)5-15-9(17)7-3-4-8(11(12,13)14)16-10(7)18/h3-4,6H,5H2,1-2H3,(H,15,17)(H,16,18). The van der Waals surface area contributed by atoms with Gasteiger partial charge in [0.2, 0.25) is 0 Å². The quantitative estimate of drug-likeness (QED) is 0.872. The first kappa shape index (κ1) is 14.3. The number of rotatable bonds is 3. The van der Waals surface area contributed by atoms with Gasteiger partial charge >= 0.3 is 6.18 Å². The number of hydrogen-bond donors (Lipinski definition) is 2. The number of pyridine rings is 1. The number of halogens is 3. The number of aromatic nitrogens is 1. The topological polar surface area (TPSA) is 62.0 Å². The van der Waals surface area contributed by atoms with Crippen LogP contribution in [0.2, 0.25) is 0 Å². The van der Waals surface area contributed by atoms with E-state index in [4.69, 9.17) is 0 Å². The third-order valence-electron chi connectivity index (χ3n) is 2.13. The van der Waals surface area contributed by atoms with Crippen LogP contribution in [-0.2, 0) is 6.18 Å². The van der Waals surface area contributed by atoms with Crippen molar-refractivity contribution in [2.24, 2.45) is 5.92 Å². The highest BCUT2D eigenvalue weighted by molar-refractivity contribution is 5.93. The Hall–Kier alpha value is -1.79. The highest BCUT2D eigenvalue weighted by atomic mass is 19.4. The van der Waals surface area contributed by atoms with E-state index in [0.29, 0.717) is 12.6 Å². The summed E-state index contributed by atoms with van der Waals surface area (Å²) < 4.78 is 36.9. The molecule has 0 saturated heterocycles. The maximum Gasteiger partial charge on any atom is 0.431 e. The fraction of sp³-hybridized carbons (Fsp3) is 0.455. The van der Waals surface area contributed by atoms with Crippen molar-refractivity contribution in [3.05, 3.63) is 33.7 Å². The van der Waals surface area contributed by atoms with Gasteiger partial charge in [-0.15, -0.1) is 0 Å². The molecule has 7 heteroatoms. The Morgan fingerprint density at radius 1 is 1.39 bits per heavy atom. The average molecular weight is 262 g/mol. The largest absolute Gasteiger partial charge is 0.431 e. The Morgan fingerprint density at radius 2 is 2.00 bits per heavy atom. The first-order valence-electron chi connectivity index (χ1n) is 5.30. The molecule has 4 nitrogen and oxygen atoms in total. The van der Waals surface area contributed by atoms with Crippen molar-refractivity contribution >= 4 is 5.91 Å². The van der Waals surface area contributed by atoms with Crippen LogP contribution < -0.4 is 10.9 Å². The summed E-state index contributed by atoms with van der Waals surface area (Å²) in [5.74, 6) is -0.499. The molecule has 0 atom stereocenters. The second-order valence-corrected chi connectivity index (χ2v) is 4.22. The van der Waals surface area contributed by atoms with E-state index in [0.717, 1.165) is 6.07 Å². The summed E-state index contributed by atoms with van der Waals surface area (Å²) in [4.78, 5) is 24.5. The summed E-state index contributed by atoms with van der Waals surface area (Å²) in [5, 5.41) is 2.46. The van der Waals surface area contributed by atoms with Crippen LogP contribution in [0.4, 0.5) is 13.2 Å². The molecule has 100 valence electrons. The maximum atomic E-state index is 12.3. The zero-order valence-electron chi connectivity index (χ0n) is 9.89. The predicted octanol–water partition coefficient (Wildman–Crippen LogP) is 1.78. The van der Waals surface area contributed by atoms with Crippen molar-refractivity contribution in [2.45, 2.75) is 20.0 Å². The number of amides is 1. The summed E-state index contributed by atoms with van der Waals surface area (Å²) >= 11 is 0. The minimum atomic E-state index is -4.63. The monoisotopic (exact) mass is 262 g/mol. The van der Waals surface area contributed by atoms with Crippen molar-refractivity contribution in [3.63, 3.8) is 0 Å². The van der Waals surface area contributed by atoms with Gasteiger partial charge in [-0.1, -0.05) is 13.8 Å². The maximum absolute atomic E-state index is 12.3. The molecule has 0 bridgehead atoms. The molecule has 0 saturated carbocycles. The number of hydrogen-bond acceptors (Lipinski definition) is 2. The molecule has 0 spiro atoms. The molecule has 0 aliphatic heterocycles. The molecular formula is C11H13F3N2O2. The van der Waals surface area contributed by atoms with Gasteiger partial charge < -0.3 is 10.3 Å². The Balaban J connectivity index is 2.93. The average Bonchev–Trinajstić information content (AvgIpc) is 2.24.